The summed E-state index contributed by atoms with van der Waals surface area (Å²) in [5.41, 5.74) is 1.41. The van der Waals surface area contributed by atoms with Crippen molar-refractivity contribution in [2.75, 3.05) is 4.72 Å². The molecule has 1 aromatic heterocycles. The zero-order valence-corrected chi connectivity index (χ0v) is 7.34. The molecule has 3 N–H and O–H groups in total. The monoisotopic (exact) mass is 197 g/mol. The van der Waals surface area contributed by atoms with Gasteiger partial charge in [-0.05, 0) is 18.2 Å². The lowest BCUT2D eigenvalue weighted by Crippen LogP contribution is -2.01. The lowest BCUT2D eigenvalue weighted by atomic mass is 10.2. The largest absolute Gasteiger partial charge is 0.289 e. The molecular formula is C7H7N3O2S. The predicted octanol–water partition coefficient (Wildman–Crippen LogP) is 1.11. The average molecular weight is 197 g/mol. The quantitative estimate of drug-likeness (QED) is 0.631. The number of anilines is 1. The Labute approximate surface area is 76.6 Å². The molecule has 5 nitrogen and oxygen atoms in total. The third-order valence-electron chi connectivity index (χ3n) is 1.65. The second-order valence-corrected chi connectivity index (χ2v) is 3.23. The summed E-state index contributed by atoms with van der Waals surface area (Å²) in [5.74, 6) is 0. The maximum Gasteiger partial charge on any atom is 0.259 e. The first kappa shape index (κ1) is 8.21. The fourth-order valence-corrected chi connectivity index (χ4v) is 1.43. The van der Waals surface area contributed by atoms with E-state index in [9.17, 15) is 4.21 Å². The Morgan fingerprint density at radius 2 is 2.38 bits per heavy atom. The molecule has 1 aromatic carbocycles. The topological polar surface area (TPSA) is 78.0 Å². The van der Waals surface area contributed by atoms with Crippen molar-refractivity contribution < 1.29 is 8.76 Å². The molecule has 6 heteroatoms. The zero-order chi connectivity index (χ0) is 9.26. The van der Waals surface area contributed by atoms with E-state index in [1.54, 1.807) is 18.3 Å². The maximum absolute atomic E-state index is 10.4. The van der Waals surface area contributed by atoms with Gasteiger partial charge in [0, 0.05) is 5.39 Å². The number of hydrogen-bond acceptors (Lipinski definition) is 2. The van der Waals surface area contributed by atoms with Crippen molar-refractivity contribution in [3.63, 3.8) is 0 Å². The molecule has 0 saturated heterocycles. The zero-order valence-electron chi connectivity index (χ0n) is 6.52. The van der Waals surface area contributed by atoms with E-state index in [-0.39, 0.29) is 0 Å². The third kappa shape index (κ3) is 1.68. The van der Waals surface area contributed by atoms with E-state index in [4.69, 9.17) is 4.55 Å². The van der Waals surface area contributed by atoms with Crippen LogP contribution in [-0.4, -0.2) is 19.0 Å². The second kappa shape index (κ2) is 3.15. The van der Waals surface area contributed by atoms with Gasteiger partial charge in [-0.25, -0.2) is 4.21 Å². The van der Waals surface area contributed by atoms with Crippen molar-refractivity contribution in [3.05, 3.63) is 24.4 Å². The van der Waals surface area contributed by atoms with Crippen LogP contribution in [0.2, 0.25) is 0 Å². The third-order valence-corrected chi connectivity index (χ3v) is 2.06. The normalized spacial score (nSPS) is 13.0. The Morgan fingerprint density at radius 3 is 3.15 bits per heavy atom. The van der Waals surface area contributed by atoms with Crippen LogP contribution in [0.3, 0.4) is 0 Å². The van der Waals surface area contributed by atoms with Crippen molar-refractivity contribution in [2.45, 2.75) is 0 Å². The van der Waals surface area contributed by atoms with E-state index in [1.807, 2.05) is 6.07 Å². The van der Waals surface area contributed by atoms with E-state index in [0.717, 1.165) is 10.9 Å². The van der Waals surface area contributed by atoms with Gasteiger partial charge in [0.05, 0.1) is 17.4 Å². The fraction of sp³-hybridized carbons (Fsp3) is 0. The van der Waals surface area contributed by atoms with Gasteiger partial charge in [0.1, 0.15) is 0 Å². The summed E-state index contributed by atoms with van der Waals surface area (Å²) in [4.78, 5) is 0. The number of aromatic amines is 1. The lowest BCUT2D eigenvalue weighted by molar-refractivity contribution is 0.570. The highest BCUT2D eigenvalue weighted by Gasteiger charge is 1.98. The van der Waals surface area contributed by atoms with Crippen LogP contribution in [0.15, 0.2) is 24.4 Å². The number of nitrogens with zero attached hydrogens (tertiary/aromatic N) is 1. The molecule has 0 aliphatic heterocycles. The van der Waals surface area contributed by atoms with E-state index in [0.29, 0.717) is 5.69 Å². The van der Waals surface area contributed by atoms with E-state index in [2.05, 4.69) is 14.9 Å². The van der Waals surface area contributed by atoms with Gasteiger partial charge in [-0.1, -0.05) is 0 Å². The van der Waals surface area contributed by atoms with Gasteiger partial charge < -0.3 is 0 Å². The van der Waals surface area contributed by atoms with E-state index < -0.39 is 11.3 Å². The Hall–Kier alpha value is -1.40. The molecule has 0 fully saturated rings. The molecule has 0 aliphatic carbocycles. The molecule has 2 aromatic rings. The first-order chi connectivity index (χ1) is 6.25. The van der Waals surface area contributed by atoms with Gasteiger partial charge in [0.2, 0.25) is 0 Å². The Balaban J connectivity index is 2.42. The molecule has 0 aliphatic rings. The molecule has 2 rings (SSSR count). The van der Waals surface area contributed by atoms with Crippen LogP contribution in [0.1, 0.15) is 0 Å². The molecule has 0 saturated carbocycles. The summed E-state index contributed by atoms with van der Waals surface area (Å²) in [7, 11) is 0. The first-order valence-electron chi connectivity index (χ1n) is 3.56. The highest BCUT2D eigenvalue weighted by atomic mass is 32.2. The summed E-state index contributed by atoms with van der Waals surface area (Å²) in [6.45, 7) is 0. The molecule has 1 unspecified atom stereocenters. The number of nitrogens with one attached hydrogen (secondary N) is 2. The SMILES string of the molecule is O=S(O)Nc1ccc2cn[nH]c2c1. The number of aromatic nitrogens is 2. The molecule has 0 bridgehead atoms. The Morgan fingerprint density at radius 1 is 1.54 bits per heavy atom. The molecule has 13 heavy (non-hydrogen) atoms. The number of hydrogen-bond donors (Lipinski definition) is 3. The predicted molar refractivity (Wildman–Crippen MR) is 50.5 cm³/mol. The van der Waals surface area contributed by atoms with Crippen molar-refractivity contribution >= 4 is 27.9 Å². The lowest BCUT2D eigenvalue weighted by Gasteiger charge is -1.99. The van der Waals surface area contributed by atoms with Crippen LogP contribution < -0.4 is 4.72 Å². The van der Waals surface area contributed by atoms with Crippen LogP contribution in [0.5, 0.6) is 0 Å². The molecule has 0 radical (unpaired) electrons. The molecule has 0 spiro atoms. The van der Waals surface area contributed by atoms with Crippen molar-refractivity contribution in [3.8, 4) is 0 Å². The Kier molecular flexibility index (Phi) is 1.99. The maximum atomic E-state index is 10.4. The summed E-state index contributed by atoms with van der Waals surface area (Å²) in [6.07, 6.45) is 1.69. The number of benzene rings is 1. The molecule has 1 heterocycles. The minimum Gasteiger partial charge on any atom is -0.289 e. The van der Waals surface area contributed by atoms with Crippen LogP contribution >= 0.6 is 0 Å². The number of H-pyrrole nitrogens is 1. The highest BCUT2D eigenvalue weighted by Crippen LogP contribution is 2.16. The molecule has 0 amide bonds. The number of rotatable bonds is 2. The van der Waals surface area contributed by atoms with Crippen molar-refractivity contribution in [1.82, 2.24) is 10.2 Å². The van der Waals surface area contributed by atoms with Crippen LogP contribution in [0.4, 0.5) is 5.69 Å². The van der Waals surface area contributed by atoms with Crippen molar-refractivity contribution in [2.24, 2.45) is 0 Å². The van der Waals surface area contributed by atoms with Crippen molar-refractivity contribution in [1.29, 1.82) is 0 Å². The van der Waals surface area contributed by atoms with Gasteiger partial charge in [-0.3, -0.25) is 14.4 Å². The van der Waals surface area contributed by atoms with E-state index in [1.165, 1.54) is 0 Å². The van der Waals surface area contributed by atoms with E-state index >= 15 is 0 Å². The van der Waals surface area contributed by atoms with Gasteiger partial charge in [-0.2, -0.15) is 5.10 Å². The minimum absolute atomic E-state index is 0.581. The van der Waals surface area contributed by atoms with Crippen LogP contribution in [-0.2, 0) is 11.3 Å². The smallest absolute Gasteiger partial charge is 0.259 e. The standard InChI is InChI=1S/C7H7N3O2S/c11-13(12)10-6-2-1-5-4-8-9-7(5)3-6/h1-4,10H,(H,8,9)(H,11,12). The first-order valence-corrected chi connectivity index (χ1v) is 4.67. The van der Waals surface area contributed by atoms with Crippen LogP contribution in [0.25, 0.3) is 10.9 Å². The summed E-state index contributed by atoms with van der Waals surface area (Å²) in [5, 5.41) is 7.56. The average Bonchev–Trinajstić information content (AvgIpc) is 2.49. The highest BCUT2D eigenvalue weighted by molar-refractivity contribution is 7.80. The molecular weight excluding hydrogens is 190 g/mol. The van der Waals surface area contributed by atoms with Gasteiger partial charge in [0.15, 0.2) is 0 Å². The fourth-order valence-electron chi connectivity index (χ4n) is 1.10. The summed E-state index contributed by atoms with van der Waals surface area (Å²) >= 11 is -2.03. The number of fused-ring (bicyclic) bond motifs is 1. The summed E-state index contributed by atoms with van der Waals surface area (Å²) < 4.78 is 21.3. The van der Waals surface area contributed by atoms with Gasteiger partial charge >= 0.3 is 0 Å². The molecule has 68 valence electrons. The minimum atomic E-state index is -2.03. The Bertz CT molecular complexity index is 454. The van der Waals surface area contributed by atoms with Crippen LogP contribution in [0, 0.1) is 0 Å². The van der Waals surface area contributed by atoms with Gasteiger partial charge in [0.25, 0.3) is 11.3 Å². The summed E-state index contributed by atoms with van der Waals surface area (Å²) in [6, 6.07) is 5.25. The molecule has 1 atom stereocenters. The second-order valence-electron chi connectivity index (χ2n) is 2.52. The van der Waals surface area contributed by atoms with Gasteiger partial charge in [-0.15, -0.1) is 0 Å².